The van der Waals surface area contributed by atoms with Gasteiger partial charge in [0.1, 0.15) is 34.6 Å². The van der Waals surface area contributed by atoms with E-state index in [0.717, 1.165) is 23.3 Å². The maximum absolute atomic E-state index is 12.4. The Balaban J connectivity index is 0.000000314. The van der Waals surface area contributed by atoms with E-state index in [1.165, 1.54) is 72.8 Å². The van der Waals surface area contributed by atoms with E-state index in [-0.39, 0.29) is 92.4 Å². The number of hydrogen-bond acceptors (Lipinski definition) is 13. The molecule has 0 fully saturated rings. The lowest BCUT2D eigenvalue weighted by Gasteiger charge is -2.11. The molecule has 0 saturated carbocycles. The van der Waals surface area contributed by atoms with Crippen molar-refractivity contribution in [2.75, 3.05) is 24.3 Å². The van der Waals surface area contributed by atoms with Crippen molar-refractivity contribution in [1.82, 2.24) is 0 Å². The fourth-order valence-electron chi connectivity index (χ4n) is 7.00. The first-order chi connectivity index (χ1) is 42.0. The number of anilines is 2. The molecule has 0 aliphatic heterocycles. The Morgan fingerprint density at radius 2 is 0.956 bits per heavy atom. The largest absolute Gasteiger partial charge is 1.00 e. The highest BCUT2D eigenvalue weighted by molar-refractivity contribution is 7.89. The van der Waals surface area contributed by atoms with Crippen molar-refractivity contribution in [2.45, 2.75) is 49.8 Å². The second-order valence-electron chi connectivity index (χ2n) is 18.0. The predicted molar refractivity (Wildman–Crippen MR) is 342 cm³/mol. The number of phenolic OH excluding ortho intramolecular Hbond substituents is 1. The number of nitrogens with two attached hydrogens (primary N) is 3. The van der Waals surface area contributed by atoms with Crippen LogP contribution in [-0.4, -0.2) is 53.0 Å². The zero-order valence-electron chi connectivity index (χ0n) is 47.5. The summed E-state index contributed by atoms with van der Waals surface area (Å²) < 4.78 is 77.7. The quantitative estimate of drug-likeness (QED) is 0.0277. The number of phenols is 1. The summed E-state index contributed by atoms with van der Waals surface area (Å²) in [4.78, 5) is 44.8. The molecule has 0 heterocycles. The first-order valence-electron chi connectivity index (χ1n) is 25.5. The van der Waals surface area contributed by atoms with Gasteiger partial charge in [-0.15, -0.1) is 0 Å². The van der Waals surface area contributed by atoms with E-state index in [0.29, 0.717) is 85.2 Å². The minimum absolute atomic E-state index is 0. The molecule has 0 aliphatic carbocycles. The average molecular weight is 1480 g/mol. The van der Waals surface area contributed by atoms with Gasteiger partial charge in [-0.2, -0.15) is 0 Å². The van der Waals surface area contributed by atoms with Gasteiger partial charge < -0.3 is 59.1 Å². The second kappa shape index (κ2) is 37.1. The molecule has 0 saturated heterocycles. The topological polar surface area (TPSA) is 280 Å². The monoisotopic (exact) mass is 1470 g/mol. The van der Waals surface area contributed by atoms with Gasteiger partial charge in [0.25, 0.3) is 0 Å². The van der Waals surface area contributed by atoms with Gasteiger partial charge >= 0.3 is 11.9 Å². The van der Waals surface area contributed by atoms with Crippen LogP contribution in [0.2, 0.25) is 25.1 Å². The Morgan fingerprint density at radius 3 is 1.41 bits per heavy atom. The number of nitrogens with zero attached hydrogens (tertiary/aromatic N) is 3. The van der Waals surface area contributed by atoms with E-state index in [1.807, 2.05) is 19.1 Å². The summed E-state index contributed by atoms with van der Waals surface area (Å²) in [6, 6.07) is 39.5. The molecule has 470 valence electrons. The lowest BCUT2D eigenvalue weighted by atomic mass is 10.1. The molecular weight excluding hydrogens is 1420 g/mol. The summed E-state index contributed by atoms with van der Waals surface area (Å²) in [6.07, 6.45) is 0.360. The Bertz CT molecular complexity index is 4180. The normalized spacial score (nSPS) is 10.2. The number of hydrogen-bond donors (Lipinski definition) is 5. The third-order valence-corrected chi connectivity index (χ3v) is 14.2. The molecule has 0 unspecified atom stereocenters. The molecule has 0 radical (unpaired) electrons. The lowest BCUT2D eigenvalue weighted by Crippen LogP contribution is -3.00. The van der Waals surface area contributed by atoms with Gasteiger partial charge in [0.2, 0.25) is 26.0 Å². The van der Waals surface area contributed by atoms with Crippen LogP contribution in [0.15, 0.2) is 168 Å². The number of primary sulfonamides is 2. The number of amides is 1. The van der Waals surface area contributed by atoms with Crippen LogP contribution in [-0.2, 0) is 63.2 Å². The number of carbonyl (C=O) groups excluding carboxylic acids is 3. The molecule has 90 heavy (non-hydrogen) atoms. The number of nitrogens with one attached hydrogen (secondary N) is 1. The van der Waals surface area contributed by atoms with Crippen LogP contribution in [0.4, 0.5) is 32.8 Å². The van der Waals surface area contributed by atoms with Gasteiger partial charge in [0.05, 0.1) is 72.0 Å². The lowest BCUT2D eigenvalue weighted by molar-refractivity contribution is -0.143. The Morgan fingerprint density at radius 1 is 0.544 bits per heavy atom. The second-order valence-corrected chi connectivity index (χ2v) is 23.2. The van der Waals surface area contributed by atoms with Crippen LogP contribution in [0.1, 0.15) is 36.1 Å². The molecular formula is C62H53Cl5FIN7O12S2-. The number of esters is 2. The van der Waals surface area contributed by atoms with Gasteiger partial charge in [-0.05, 0) is 176 Å². The van der Waals surface area contributed by atoms with Crippen LogP contribution in [0, 0.1) is 32.5 Å². The highest BCUT2D eigenvalue weighted by atomic mass is 127. The molecule has 8 aromatic carbocycles. The minimum Gasteiger partial charge on any atom is -1.00 e. The summed E-state index contributed by atoms with van der Waals surface area (Å²) in [5.74, 6) is 0.348. The van der Waals surface area contributed by atoms with Crippen LogP contribution in [0.25, 0.3) is 14.5 Å². The summed E-state index contributed by atoms with van der Waals surface area (Å²) in [5, 5.41) is 23.5. The molecule has 8 rings (SSSR count). The van der Waals surface area contributed by atoms with Crippen LogP contribution >= 0.6 is 58.0 Å². The number of aromatic hydroxyl groups is 1. The number of halogens is 7. The van der Waals surface area contributed by atoms with Crippen molar-refractivity contribution in [3.63, 3.8) is 0 Å². The highest BCUT2D eigenvalue weighted by Crippen LogP contribution is 2.35. The van der Waals surface area contributed by atoms with Crippen LogP contribution in [0.3, 0.4) is 0 Å². The summed E-state index contributed by atoms with van der Waals surface area (Å²) in [5.41, 5.74) is 10.3. The molecule has 8 aromatic rings. The van der Waals surface area contributed by atoms with E-state index in [4.69, 9.17) is 113 Å². The molecule has 0 spiro atoms. The summed E-state index contributed by atoms with van der Waals surface area (Å²) in [7, 11) is -7.38. The van der Waals surface area contributed by atoms with Crippen molar-refractivity contribution < 1.29 is 83.6 Å². The van der Waals surface area contributed by atoms with E-state index < -0.39 is 25.9 Å². The first kappa shape index (κ1) is 76.0. The third-order valence-electron chi connectivity index (χ3n) is 11.0. The minimum atomic E-state index is -3.80. The predicted octanol–water partition coefficient (Wildman–Crippen LogP) is 12.4. The maximum atomic E-state index is 12.4. The van der Waals surface area contributed by atoms with Crippen molar-refractivity contribution in [3.05, 3.63) is 245 Å². The average Bonchev–Trinajstić information content (AvgIpc) is 3.53. The molecule has 19 nitrogen and oxygen atoms in total. The molecule has 8 N–H and O–H groups in total. The van der Waals surface area contributed by atoms with Gasteiger partial charge in [0.15, 0.2) is 17.1 Å². The molecule has 0 atom stereocenters. The zero-order chi connectivity index (χ0) is 66.0. The number of ether oxygens (including phenoxy) is 4. The summed E-state index contributed by atoms with van der Waals surface area (Å²) in [6.45, 7) is 26.9. The number of benzene rings is 8. The zero-order valence-corrected chi connectivity index (χ0v) is 55.1. The van der Waals surface area contributed by atoms with Gasteiger partial charge in [-0.3, -0.25) is 14.4 Å². The fourth-order valence-corrected chi connectivity index (χ4v) is 8.96. The van der Waals surface area contributed by atoms with Crippen LogP contribution in [0.5, 0.6) is 28.7 Å². The van der Waals surface area contributed by atoms with Crippen molar-refractivity contribution in [3.8, 4) is 28.7 Å². The molecule has 28 heteroatoms. The van der Waals surface area contributed by atoms with E-state index in [9.17, 15) is 40.7 Å². The van der Waals surface area contributed by atoms with Crippen molar-refractivity contribution in [1.29, 1.82) is 0 Å². The molecule has 0 aliphatic rings. The third kappa shape index (κ3) is 27.3. The fraction of sp³-hybridized carbons (Fsp3) is 0.129. The Labute approximate surface area is 561 Å². The van der Waals surface area contributed by atoms with E-state index in [1.54, 1.807) is 74.5 Å². The van der Waals surface area contributed by atoms with Gasteiger partial charge in [0, 0.05) is 26.4 Å². The van der Waals surface area contributed by atoms with Crippen molar-refractivity contribution >= 4 is 124 Å². The standard InChI is InChI=1S/C21H15Cl2N3O4S.C18H16ClNO3.C10H11ClO3.C7H3ClFN.C6H8N2O2S.HI/c1-25-16-10-14(22)11-17(12-16)30-20-8-13(2-7-19(20)23)9-21(27)26-15-3-5-18(6-4-15)31(24,28)29;1-4-22-18(21)8-13-6-5-12(2)17(7-13)23-16-10-14(19)9-15(11-16)20-3;1-2-14-10(13)6-7-3-4-8(11)9(12)5-7;1-10-7-3-5(8)2-6(9)4-7;7-5-1-3-6(4-2-5)11(8,9)10;/h2-8,10-12H,9H2,(H,26,27)(H2,24,28,29);5-7,9-11H,4,8H2,1-2H3;3-5,12H,2,6H2,1H3;2-4H;1-4H,7H2,(H2,8,9,10);1H/p-1. The van der Waals surface area contributed by atoms with E-state index in [2.05, 4.69) is 19.9 Å². The smallest absolute Gasteiger partial charge is 0.310 e. The van der Waals surface area contributed by atoms with Gasteiger partial charge in [-0.1, -0.05) is 82.3 Å². The number of nitrogen functional groups attached to an aromatic ring is 1. The summed E-state index contributed by atoms with van der Waals surface area (Å²) >= 11 is 29.2. The SMILES string of the molecule is CCOC(=O)Cc1ccc(Cl)c(O)c1.Nc1ccc(S(N)(=O)=O)cc1.[C-]#[N+]c1cc(Cl)cc(Oc2cc(CC(=O)Nc3ccc(S(N)(=O)=O)cc3)ccc2Cl)c1.[C-]#[N+]c1cc(Cl)cc(Oc2cc(CC(=O)OCC)ccc2C)c1.[C-]#[N+]c1cc(F)cc(Cl)c1.[I-]. The van der Waals surface area contributed by atoms with Gasteiger partial charge in [-0.25, -0.2) is 46.0 Å². The molecule has 1 amide bonds. The number of aryl methyl sites for hydroxylation is 1. The molecule has 0 bridgehead atoms. The van der Waals surface area contributed by atoms with Crippen molar-refractivity contribution in [2.24, 2.45) is 10.3 Å². The Hall–Kier alpha value is -8.23. The molecule has 0 aromatic heterocycles. The highest BCUT2D eigenvalue weighted by Gasteiger charge is 2.14. The number of carbonyl (C=O) groups is 3. The number of sulfonamides is 2. The Kier molecular flexibility index (Phi) is 31.3. The first-order valence-corrected chi connectivity index (χ1v) is 30.5. The van der Waals surface area contributed by atoms with E-state index >= 15 is 0 Å². The number of rotatable bonds is 15. The maximum Gasteiger partial charge on any atom is 0.310 e. The van der Waals surface area contributed by atoms with Crippen LogP contribution < -0.4 is 54.8 Å².